The third-order valence-corrected chi connectivity index (χ3v) is 8.42. The van der Waals surface area contributed by atoms with Crippen molar-refractivity contribution in [3.05, 3.63) is 0 Å². The van der Waals surface area contributed by atoms with Crippen molar-refractivity contribution in [1.82, 2.24) is 15.1 Å². The van der Waals surface area contributed by atoms with Gasteiger partial charge in [0.15, 0.2) is 5.11 Å². The average molecular weight is 419 g/mol. The number of unbranched alkanes of at least 4 members (excludes halogenated alkanes) is 1. The standard InChI is InChI=1S/C24H42N4S/c1-18-10-12-20(13-11-18)17-28-19(2)16-27(24(28)29)14-6-5-9-22-15-25-23(26-22)21-7-3-4-8-21/h18-22H,3-17H2,1-2H3,(H,25,26)/t18?,19-,20?,22+/m1/s1. The van der Waals surface area contributed by atoms with Crippen LogP contribution in [0.2, 0.25) is 0 Å². The first-order valence-electron chi connectivity index (χ1n) is 12.5. The van der Waals surface area contributed by atoms with Crippen LogP contribution in [0.3, 0.4) is 0 Å². The second kappa shape index (κ2) is 9.98. The Labute approximate surface area is 183 Å². The van der Waals surface area contributed by atoms with E-state index in [2.05, 4.69) is 29.0 Å². The van der Waals surface area contributed by atoms with Gasteiger partial charge in [-0.05, 0) is 75.9 Å². The van der Waals surface area contributed by atoms with Crippen LogP contribution in [-0.2, 0) is 0 Å². The van der Waals surface area contributed by atoms with E-state index >= 15 is 0 Å². The summed E-state index contributed by atoms with van der Waals surface area (Å²) >= 11 is 5.89. The SMILES string of the molecule is CC1CCC(CN2C(=S)N(CCCC[C@H]3CN=C(C4CCCC4)N3)C[C@H]2C)CC1. The predicted molar refractivity (Wildman–Crippen MR) is 126 cm³/mol. The van der Waals surface area contributed by atoms with E-state index in [1.54, 1.807) is 0 Å². The maximum Gasteiger partial charge on any atom is 0.171 e. The summed E-state index contributed by atoms with van der Waals surface area (Å²) in [7, 11) is 0. The number of thiocarbonyl (C=S) groups is 1. The molecule has 3 fully saturated rings. The molecule has 2 atom stereocenters. The summed E-state index contributed by atoms with van der Waals surface area (Å²) in [4.78, 5) is 9.83. The van der Waals surface area contributed by atoms with Gasteiger partial charge >= 0.3 is 0 Å². The van der Waals surface area contributed by atoms with Crippen molar-refractivity contribution >= 4 is 23.2 Å². The minimum absolute atomic E-state index is 0.584. The fourth-order valence-corrected chi connectivity index (χ4v) is 6.33. The van der Waals surface area contributed by atoms with Crippen LogP contribution in [0.15, 0.2) is 4.99 Å². The molecule has 1 saturated heterocycles. The van der Waals surface area contributed by atoms with Crippen LogP contribution in [0.1, 0.15) is 84.5 Å². The molecule has 2 aliphatic carbocycles. The molecule has 0 aromatic rings. The molecule has 0 bridgehead atoms. The summed E-state index contributed by atoms with van der Waals surface area (Å²) in [5.74, 6) is 3.85. The first-order valence-corrected chi connectivity index (χ1v) is 12.9. The van der Waals surface area contributed by atoms with Crippen molar-refractivity contribution in [1.29, 1.82) is 0 Å². The lowest BCUT2D eigenvalue weighted by molar-refractivity contribution is 0.227. The summed E-state index contributed by atoms with van der Waals surface area (Å²) in [6, 6.07) is 1.17. The van der Waals surface area contributed by atoms with E-state index in [0.717, 1.165) is 42.5 Å². The van der Waals surface area contributed by atoms with Crippen LogP contribution < -0.4 is 5.32 Å². The van der Waals surface area contributed by atoms with E-state index in [0.29, 0.717) is 12.1 Å². The molecule has 1 N–H and O–H groups in total. The monoisotopic (exact) mass is 418 g/mol. The van der Waals surface area contributed by atoms with Crippen LogP contribution >= 0.6 is 12.2 Å². The molecule has 4 rings (SSSR count). The summed E-state index contributed by atoms with van der Waals surface area (Å²) in [6.07, 6.45) is 14.9. The van der Waals surface area contributed by atoms with Gasteiger partial charge in [0.05, 0.1) is 12.4 Å². The molecule has 2 heterocycles. The molecule has 164 valence electrons. The van der Waals surface area contributed by atoms with Gasteiger partial charge in [0.2, 0.25) is 0 Å². The highest BCUT2D eigenvalue weighted by atomic mass is 32.1. The zero-order valence-electron chi connectivity index (χ0n) is 18.7. The first-order chi connectivity index (χ1) is 14.1. The van der Waals surface area contributed by atoms with Gasteiger partial charge in [0.25, 0.3) is 0 Å². The number of rotatable bonds is 8. The molecule has 4 aliphatic rings. The lowest BCUT2D eigenvalue weighted by atomic mass is 9.83. The predicted octanol–water partition coefficient (Wildman–Crippen LogP) is 4.83. The summed E-state index contributed by atoms with van der Waals surface area (Å²) in [5.41, 5.74) is 0. The number of nitrogens with zero attached hydrogens (tertiary/aromatic N) is 3. The van der Waals surface area contributed by atoms with Crippen LogP contribution in [0.25, 0.3) is 0 Å². The second-order valence-electron chi connectivity index (χ2n) is 10.4. The third-order valence-electron chi connectivity index (χ3n) is 7.93. The van der Waals surface area contributed by atoms with Gasteiger partial charge in [-0.15, -0.1) is 0 Å². The molecule has 2 saturated carbocycles. The summed E-state index contributed by atoms with van der Waals surface area (Å²) < 4.78 is 0. The van der Waals surface area contributed by atoms with Gasteiger partial charge in [-0.2, -0.15) is 0 Å². The largest absolute Gasteiger partial charge is 0.369 e. The topological polar surface area (TPSA) is 30.9 Å². The third kappa shape index (κ3) is 5.45. The summed E-state index contributed by atoms with van der Waals surface area (Å²) in [5, 5.41) is 4.86. The van der Waals surface area contributed by atoms with Crippen LogP contribution in [0, 0.1) is 17.8 Å². The van der Waals surface area contributed by atoms with E-state index in [9.17, 15) is 0 Å². The van der Waals surface area contributed by atoms with E-state index in [-0.39, 0.29) is 0 Å². The molecule has 0 spiro atoms. The Kier molecular flexibility index (Phi) is 7.36. The Morgan fingerprint density at radius 1 is 1.03 bits per heavy atom. The summed E-state index contributed by atoms with van der Waals surface area (Å²) in [6.45, 7) is 9.21. The fraction of sp³-hybridized carbons (Fsp3) is 0.917. The maximum atomic E-state index is 5.89. The molecule has 0 unspecified atom stereocenters. The maximum absolute atomic E-state index is 5.89. The number of amidine groups is 1. The van der Waals surface area contributed by atoms with Crippen molar-refractivity contribution in [3.8, 4) is 0 Å². The van der Waals surface area contributed by atoms with Crippen LogP contribution in [0.5, 0.6) is 0 Å². The molecule has 0 aromatic carbocycles. The fourth-order valence-electron chi connectivity index (χ4n) is 5.91. The van der Waals surface area contributed by atoms with Crippen molar-refractivity contribution < 1.29 is 0 Å². The van der Waals surface area contributed by atoms with Crippen LogP contribution in [0.4, 0.5) is 0 Å². The second-order valence-corrected chi connectivity index (χ2v) is 10.8. The molecule has 4 nitrogen and oxygen atoms in total. The Morgan fingerprint density at radius 2 is 1.79 bits per heavy atom. The Balaban J connectivity index is 1.13. The number of nitrogens with one attached hydrogen (secondary N) is 1. The number of hydrogen-bond acceptors (Lipinski definition) is 3. The Hall–Kier alpha value is -0.840. The Morgan fingerprint density at radius 3 is 2.55 bits per heavy atom. The highest BCUT2D eigenvalue weighted by Crippen LogP contribution is 2.31. The van der Waals surface area contributed by atoms with Crippen molar-refractivity contribution in [2.45, 2.75) is 96.6 Å². The quantitative estimate of drug-likeness (QED) is 0.452. The molecule has 2 aliphatic heterocycles. The minimum atomic E-state index is 0.584. The van der Waals surface area contributed by atoms with Crippen molar-refractivity contribution in [2.24, 2.45) is 22.7 Å². The van der Waals surface area contributed by atoms with Gasteiger partial charge in [0, 0.05) is 37.6 Å². The lowest BCUT2D eigenvalue weighted by Gasteiger charge is -2.32. The van der Waals surface area contributed by atoms with Gasteiger partial charge in [-0.25, -0.2) is 0 Å². The molecular weight excluding hydrogens is 376 g/mol. The zero-order valence-corrected chi connectivity index (χ0v) is 19.6. The zero-order chi connectivity index (χ0) is 20.2. The van der Waals surface area contributed by atoms with Gasteiger partial charge in [-0.1, -0.05) is 32.6 Å². The molecule has 0 aromatic heterocycles. The highest BCUT2D eigenvalue weighted by molar-refractivity contribution is 7.80. The molecule has 0 radical (unpaired) electrons. The van der Waals surface area contributed by atoms with E-state index in [1.165, 1.54) is 83.0 Å². The lowest BCUT2D eigenvalue weighted by Crippen LogP contribution is -2.38. The van der Waals surface area contributed by atoms with Gasteiger partial charge in [-0.3, -0.25) is 4.99 Å². The van der Waals surface area contributed by atoms with Crippen molar-refractivity contribution in [2.75, 3.05) is 26.2 Å². The van der Waals surface area contributed by atoms with Gasteiger partial charge < -0.3 is 15.1 Å². The highest BCUT2D eigenvalue weighted by Gasteiger charge is 2.33. The smallest absolute Gasteiger partial charge is 0.171 e. The Bertz CT molecular complexity index is 577. The normalized spacial score (nSPS) is 33.4. The minimum Gasteiger partial charge on any atom is -0.369 e. The molecule has 29 heavy (non-hydrogen) atoms. The van der Waals surface area contributed by atoms with E-state index in [4.69, 9.17) is 17.2 Å². The number of aliphatic imine (C=N–C) groups is 1. The van der Waals surface area contributed by atoms with Crippen LogP contribution in [-0.4, -0.2) is 59.0 Å². The average Bonchev–Trinajstić information content (AvgIpc) is 3.45. The number of hydrogen-bond donors (Lipinski definition) is 1. The molecule has 0 amide bonds. The molecular formula is C24H42N4S. The van der Waals surface area contributed by atoms with E-state index < -0.39 is 0 Å². The first kappa shape index (κ1) is 21.4. The molecule has 5 heteroatoms. The van der Waals surface area contributed by atoms with Gasteiger partial charge in [0.1, 0.15) is 0 Å². The van der Waals surface area contributed by atoms with E-state index in [1.807, 2.05) is 0 Å². The van der Waals surface area contributed by atoms with Crippen molar-refractivity contribution in [3.63, 3.8) is 0 Å².